The van der Waals surface area contributed by atoms with E-state index >= 15 is 0 Å². The number of ether oxygens (including phenoxy) is 2. The van der Waals surface area contributed by atoms with Gasteiger partial charge in [-0.2, -0.15) is 0 Å². The van der Waals surface area contributed by atoms with Gasteiger partial charge in [0.2, 0.25) is 11.8 Å². The lowest BCUT2D eigenvalue weighted by Crippen LogP contribution is -2.56. The molecular formula is C20H25FN2O8. The first kappa shape index (κ1) is 25.5. The van der Waals surface area contributed by atoms with Crippen molar-refractivity contribution in [2.75, 3.05) is 14.2 Å². The maximum atomic E-state index is 13.5. The van der Waals surface area contributed by atoms with Gasteiger partial charge in [0.1, 0.15) is 17.9 Å². The number of nitrogens with one attached hydrogen (secondary N) is 2. The Morgan fingerprint density at radius 1 is 1.06 bits per heavy atom. The number of carboxylic acids is 1. The summed E-state index contributed by atoms with van der Waals surface area (Å²) >= 11 is 0. The topological polar surface area (TPSA) is 148 Å². The molecule has 0 aliphatic rings. The van der Waals surface area contributed by atoms with Crippen LogP contribution in [0.3, 0.4) is 0 Å². The molecule has 0 bridgehead atoms. The Balaban J connectivity index is 3.14. The van der Waals surface area contributed by atoms with E-state index in [0.29, 0.717) is 5.56 Å². The van der Waals surface area contributed by atoms with E-state index in [0.717, 1.165) is 21.1 Å². The number of esters is 2. The molecule has 31 heavy (non-hydrogen) atoms. The van der Waals surface area contributed by atoms with Crippen LogP contribution >= 0.6 is 0 Å². The molecule has 1 rings (SSSR count). The normalized spacial score (nSPS) is 13.5. The van der Waals surface area contributed by atoms with Crippen molar-refractivity contribution >= 4 is 29.7 Å². The van der Waals surface area contributed by atoms with Crippen LogP contribution in [-0.2, 0) is 39.9 Å². The first-order valence-electron chi connectivity index (χ1n) is 9.22. The Kier molecular flexibility index (Phi) is 9.58. The van der Waals surface area contributed by atoms with Crippen LogP contribution < -0.4 is 10.6 Å². The van der Waals surface area contributed by atoms with Gasteiger partial charge in [-0.05, 0) is 17.7 Å². The number of carbonyl (C=O) groups excluding carboxylic acids is 4. The molecule has 2 amide bonds. The molecule has 0 aliphatic heterocycles. The van der Waals surface area contributed by atoms with E-state index in [1.54, 1.807) is 0 Å². The third-order valence-electron chi connectivity index (χ3n) is 4.55. The number of carbonyl (C=O) groups is 5. The number of amides is 2. The molecular weight excluding hydrogens is 415 g/mol. The van der Waals surface area contributed by atoms with Crippen LogP contribution in [-0.4, -0.2) is 61.1 Å². The van der Waals surface area contributed by atoms with Gasteiger partial charge in [0.05, 0.1) is 14.2 Å². The summed E-state index contributed by atoms with van der Waals surface area (Å²) in [5.74, 6) is -8.46. The Morgan fingerprint density at radius 2 is 1.65 bits per heavy atom. The SMILES string of the molecule is COC(=O)C(C(=O)OC)[C@@H](C)[C@@H](NC(=O)[C@@H](Cc1cccc(F)c1)NC(C)=O)C(=O)O. The van der Waals surface area contributed by atoms with Crippen LogP contribution in [0.1, 0.15) is 19.4 Å². The van der Waals surface area contributed by atoms with Crippen LogP contribution in [0.2, 0.25) is 0 Å². The van der Waals surface area contributed by atoms with Gasteiger partial charge in [-0.25, -0.2) is 9.18 Å². The van der Waals surface area contributed by atoms with Crippen LogP contribution in [0.5, 0.6) is 0 Å². The quantitative estimate of drug-likeness (QED) is 0.341. The Morgan fingerprint density at radius 3 is 2.10 bits per heavy atom. The molecule has 0 saturated carbocycles. The Labute approximate surface area is 178 Å². The summed E-state index contributed by atoms with van der Waals surface area (Å²) in [6.45, 7) is 2.42. The predicted octanol–water partition coefficient (Wildman–Crippen LogP) is 0.0406. The fourth-order valence-electron chi connectivity index (χ4n) is 3.00. The van der Waals surface area contributed by atoms with E-state index < -0.39 is 59.5 Å². The largest absolute Gasteiger partial charge is 0.480 e. The second-order valence-electron chi connectivity index (χ2n) is 6.79. The summed E-state index contributed by atoms with van der Waals surface area (Å²) in [6.07, 6.45) is -0.124. The number of methoxy groups -OCH3 is 2. The standard InChI is InChI=1S/C20H25FN2O8/c1-10(15(19(28)30-3)20(29)31-4)16(18(26)27)23-17(25)14(22-11(2)24)9-12-6-5-7-13(21)8-12/h5-8,10,14-16H,9H2,1-4H3,(H,22,24)(H,23,25)(H,26,27)/t10-,14-,16-/m1/s1. The first-order chi connectivity index (χ1) is 14.5. The van der Waals surface area contributed by atoms with Gasteiger partial charge in [-0.1, -0.05) is 19.1 Å². The van der Waals surface area contributed by atoms with E-state index in [1.165, 1.54) is 31.2 Å². The number of hydrogen-bond acceptors (Lipinski definition) is 7. The lowest BCUT2D eigenvalue weighted by molar-refractivity contribution is -0.163. The third-order valence-corrected chi connectivity index (χ3v) is 4.55. The molecule has 0 aromatic heterocycles. The summed E-state index contributed by atoms with van der Waals surface area (Å²) in [5, 5.41) is 14.2. The van der Waals surface area contributed by atoms with Crippen molar-refractivity contribution in [1.82, 2.24) is 10.6 Å². The number of aliphatic carboxylic acids is 1. The number of benzene rings is 1. The summed E-state index contributed by atoms with van der Waals surface area (Å²) in [4.78, 5) is 60.1. The number of hydrogen-bond donors (Lipinski definition) is 3. The Hall–Kier alpha value is -3.50. The summed E-state index contributed by atoms with van der Waals surface area (Å²) in [6, 6.07) is 2.41. The molecule has 0 radical (unpaired) electrons. The van der Waals surface area contributed by atoms with E-state index in [1.807, 2.05) is 0 Å². The van der Waals surface area contributed by atoms with E-state index in [4.69, 9.17) is 0 Å². The highest BCUT2D eigenvalue weighted by Gasteiger charge is 2.42. The van der Waals surface area contributed by atoms with Crippen LogP contribution in [0.4, 0.5) is 4.39 Å². The molecule has 0 unspecified atom stereocenters. The lowest BCUT2D eigenvalue weighted by atomic mass is 9.87. The maximum Gasteiger partial charge on any atom is 0.326 e. The van der Waals surface area contributed by atoms with Crippen molar-refractivity contribution < 1.29 is 42.9 Å². The van der Waals surface area contributed by atoms with Crippen molar-refractivity contribution in [3.63, 3.8) is 0 Å². The van der Waals surface area contributed by atoms with Crippen molar-refractivity contribution in [2.24, 2.45) is 11.8 Å². The summed E-state index contributed by atoms with van der Waals surface area (Å²) < 4.78 is 22.5. The lowest BCUT2D eigenvalue weighted by Gasteiger charge is -2.27. The van der Waals surface area contributed by atoms with Gasteiger partial charge in [0.25, 0.3) is 0 Å². The van der Waals surface area contributed by atoms with Crippen LogP contribution in [0, 0.1) is 17.7 Å². The maximum absolute atomic E-state index is 13.5. The van der Waals surface area contributed by atoms with Gasteiger partial charge >= 0.3 is 17.9 Å². The van der Waals surface area contributed by atoms with E-state index in [2.05, 4.69) is 20.1 Å². The summed E-state index contributed by atoms with van der Waals surface area (Å²) in [5.41, 5.74) is 0.385. The molecule has 0 heterocycles. The van der Waals surface area contributed by atoms with Crippen molar-refractivity contribution in [1.29, 1.82) is 0 Å². The molecule has 3 N–H and O–H groups in total. The minimum Gasteiger partial charge on any atom is -0.480 e. The summed E-state index contributed by atoms with van der Waals surface area (Å²) in [7, 11) is 2.04. The predicted molar refractivity (Wildman–Crippen MR) is 104 cm³/mol. The van der Waals surface area contributed by atoms with Gasteiger partial charge < -0.3 is 25.2 Å². The zero-order chi connectivity index (χ0) is 23.7. The zero-order valence-corrected chi connectivity index (χ0v) is 17.5. The molecule has 0 spiro atoms. The van der Waals surface area contributed by atoms with Crippen LogP contribution in [0.15, 0.2) is 24.3 Å². The van der Waals surface area contributed by atoms with Gasteiger partial charge in [-0.15, -0.1) is 0 Å². The zero-order valence-electron chi connectivity index (χ0n) is 17.5. The molecule has 3 atom stereocenters. The number of rotatable bonds is 10. The second kappa shape index (κ2) is 11.6. The number of halogens is 1. The average Bonchev–Trinajstić information content (AvgIpc) is 2.70. The molecule has 0 fully saturated rings. The molecule has 0 aliphatic carbocycles. The van der Waals surface area contributed by atoms with E-state index in [9.17, 15) is 33.5 Å². The monoisotopic (exact) mass is 440 g/mol. The van der Waals surface area contributed by atoms with Crippen molar-refractivity contribution in [2.45, 2.75) is 32.4 Å². The third kappa shape index (κ3) is 7.36. The highest BCUT2D eigenvalue weighted by Crippen LogP contribution is 2.20. The molecule has 0 saturated heterocycles. The first-order valence-corrected chi connectivity index (χ1v) is 9.22. The molecule has 10 nitrogen and oxygen atoms in total. The minimum atomic E-state index is -1.69. The van der Waals surface area contributed by atoms with Gasteiger partial charge in [0.15, 0.2) is 5.92 Å². The highest BCUT2D eigenvalue weighted by atomic mass is 19.1. The van der Waals surface area contributed by atoms with Gasteiger partial charge in [-0.3, -0.25) is 19.2 Å². The molecule has 170 valence electrons. The highest BCUT2D eigenvalue weighted by molar-refractivity contribution is 5.97. The van der Waals surface area contributed by atoms with Crippen molar-refractivity contribution in [3.8, 4) is 0 Å². The van der Waals surface area contributed by atoms with E-state index in [-0.39, 0.29) is 6.42 Å². The molecule has 1 aromatic rings. The smallest absolute Gasteiger partial charge is 0.326 e. The minimum absolute atomic E-state index is 0.124. The van der Waals surface area contributed by atoms with Crippen LogP contribution in [0.25, 0.3) is 0 Å². The molecule has 11 heteroatoms. The average molecular weight is 440 g/mol. The van der Waals surface area contributed by atoms with Crippen molar-refractivity contribution in [3.05, 3.63) is 35.6 Å². The number of carboxylic acid groups (broad SMARTS) is 1. The second-order valence-corrected chi connectivity index (χ2v) is 6.79. The fraction of sp³-hybridized carbons (Fsp3) is 0.450. The molecule has 1 aromatic carbocycles. The fourth-order valence-corrected chi connectivity index (χ4v) is 3.00. The van der Waals surface area contributed by atoms with Gasteiger partial charge in [0, 0.05) is 19.3 Å². The Bertz CT molecular complexity index is 828.